The summed E-state index contributed by atoms with van der Waals surface area (Å²) in [5.74, 6) is 0.114. The average molecular weight is 745 g/mol. The SMILES string of the molecule is COCCOCCOCCOCCOC(OC=O)[n+]1ccc(N(CCCCCCCCCCCCNC(=O)OC(C)(C)C)C(N)=NC#N)cc1.[Cl-]. The molecule has 1 aromatic heterocycles. The lowest BCUT2D eigenvalue weighted by atomic mass is 10.1. The van der Waals surface area contributed by atoms with Crippen molar-refractivity contribution in [3.8, 4) is 6.19 Å². The number of alkyl carbamates (subject to hydrolysis) is 1. The number of nitriles is 1. The minimum absolute atomic E-state index is 0. The molecule has 0 aliphatic rings. The first-order chi connectivity index (χ1) is 24.2. The fourth-order valence-electron chi connectivity index (χ4n) is 4.69. The van der Waals surface area contributed by atoms with Crippen LogP contribution in [0.3, 0.4) is 0 Å². The second-order valence-electron chi connectivity index (χ2n) is 12.4. The van der Waals surface area contributed by atoms with Crippen LogP contribution in [-0.2, 0) is 38.0 Å². The highest BCUT2D eigenvalue weighted by molar-refractivity contribution is 5.95. The third-order valence-corrected chi connectivity index (χ3v) is 7.14. The van der Waals surface area contributed by atoms with Gasteiger partial charge < -0.3 is 56.8 Å². The average Bonchev–Trinajstić information content (AvgIpc) is 3.08. The van der Waals surface area contributed by atoms with E-state index in [0.717, 1.165) is 50.6 Å². The number of carbonyl (C=O) groups is 2. The molecule has 0 radical (unpaired) electrons. The number of pyridine rings is 1. The van der Waals surface area contributed by atoms with Gasteiger partial charge in [-0.25, -0.2) is 4.79 Å². The third kappa shape index (κ3) is 26.2. The minimum atomic E-state index is -0.981. The third-order valence-electron chi connectivity index (χ3n) is 7.14. The van der Waals surface area contributed by atoms with E-state index in [1.807, 2.05) is 20.8 Å². The van der Waals surface area contributed by atoms with Gasteiger partial charge in [-0.05, 0) is 33.6 Å². The first-order valence-corrected chi connectivity index (χ1v) is 17.6. The maximum atomic E-state index is 11.7. The van der Waals surface area contributed by atoms with E-state index in [1.54, 1.807) is 47.3 Å². The highest BCUT2D eigenvalue weighted by Crippen LogP contribution is 2.16. The maximum absolute atomic E-state index is 11.7. The van der Waals surface area contributed by atoms with Crippen LogP contribution in [0.4, 0.5) is 10.5 Å². The van der Waals surface area contributed by atoms with E-state index >= 15 is 0 Å². The lowest BCUT2D eigenvalue weighted by Gasteiger charge is -2.22. The van der Waals surface area contributed by atoms with E-state index in [4.69, 9.17) is 44.2 Å². The molecule has 1 heterocycles. The lowest BCUT2D eigenvalue weighted by molar-refractivity contribution is -0.799. The second kappa shape index (κ2) is 31.5. The van der Waals surface area contributed by atoms with E-state index in [9.17, 15) is 9.59 Å². The van der Waals surface area contributed by atoms with Crippen molar-refractivity contribution in [2.24, 2.45) is 10.7 Å². The quantitative estimate of drug-likeness (QED) is 0.0220. The molecular weight excluding hydrogens is 684 g/mol. The summed E-state index contributed by atoms with van der Waals surface area (Å²) in [6, 6.07) is 3.59. The van der Waals surface area contributed by atoms with E-state index in [0.29, 0.717) is 59.2 Å². The first-order valence-electron chi connectivity index (χ1n) is 17.6. The van der Waals surface area contributed by atoms with Crippen LogP contribution >= 0.6 is 0 Å². The molecule has 0 aromatic carbocycles. The largest absolute Gasteiger partial charge is 1.00 e. The first kappa shape index (κ1) is 47.7. The number of hydrogen-bond acceptors (Lipinski definition) is 11. The minimum Gasteiger partial charge on any atom is -1.00 e. The van der Waals surface area contributed by atoms with Gasteiger partial charge in [0.2, 0.25) is 12.2 Å². The summed E-state index contributed by atoms with van der Waals surface area (Å²) in [5.41, 5.74) is 6.41. The fraction of sp³-hybridized carbons (Fsp3) is 0.743. The van der Waals surface area contributed by atoms with Gasteiger partial charge in [0.05, 0.1) is 58.5 Å². The van der Waals surface area contributed by atoms with Gasteiger partial charge in [-0.15, -0.1) is 9.56 Å². The highest BCUT2D eigenvalue weighted by Gasteiger charge is 2.21. The van der Waals surface area contributed by atoms with E-state index in [2.05, 4.69) is 10.3 Å². The summed E-state index contributed by atoms with van der Waals surface area (Å²) >= 11 is 0. The Hall–Kier alpha value is -3.26. The predicted octanol–water partition coefficient (Wildman–Crippen LogP) is 1.35. The number of anilines is 1. The van der Waals surface area contributed by atoms with Crippen molar-refractivity contribution in [2.75, 3.05) is 78.0 Å². The number of guanidine groups is 1. The van der Waals surface area contributed by atoms with Crippen molar-refractivity contribution in [1.29, 1.82) is 5.26 Å². The number of nitrogens with one attached hydrogen (secondary N) is 1. The summed E-state index contributed by atoms with van der Waals surface area (Å²) in [6.45, 7) is 10.5. The molecule has 1 aromatic rings. The predicted molar refractivity (Wildman–Crippen MR) is 188 cm³/mol. The van der Waals surface area contributed by atoms with Crippen LogP contribution in [0.1, 0.15) is 91.4 Å². The topological polar surface area (TPSA) is 180 Å². The maximum Gasteiger partial charge on any atom is 0.426 e. The van der Waals surface area contributed by atoms with Crippen LogP contribution in [-0.4, -0.2) is 97.2 Å². The number of aliphatic imine (C=N–C) groups is 1. The molecule has 1 rings (SSSR count). The Balaban J connectivity index is 0.0000250. The van der Waals surface area contributed by atoms with Gasteiger partial charge in [-0.2, -0.15) is 5.26 Å². The molecule has 0 aliphatic carbocycles. The summed E-state index contributed by atoms with van der Waals surface area (Å²) in [5, 5.41) is 11.9. The number of carbonyl (C=O) groups excluding carboxylic acids is 2. The molecule has 0 aliphatic heterocycles. The van der Waals surface area contributed by atoms with E-state index in [1.165, 1.54) is 19.3 Å². The van der Waals surface area contributed by atoms with Crippen molar-refractivity contribution in [2.45, 2.75) is 97.0 Å². The van der Waals surface area contributed by atoms with Crippen molar-refractivity contribution in [3.63, 3.8) is 0 Å². The molecule has 1 unspecified atom stereocenters. The zero-order valence-corrected chi connectivity index (χ0v) is 31.8. The Kier molecular flexibility index (Phi) is 29.5. The zero-order valence-electron chi connectivity index (χ0n) is 31.0. The number of methoxy groups -OCH3 is 1. The number of halogens is 1. The number of hydrogen-bond donors (Lipinski definition) is 2. The molecule has 0 saturated heterocycles. The lowest BCUT2D eigenvalue weighted by Crippen LogP contribution is -3.00. The Morgan fingerprint density at radius 2 is 1.41 bits per heavy atom. The summed E-state index contributed by atoms with van der Waals surface area (Å²) in [7, 11) is 1.62. The Labute approximate surface area is 310 Å². The number of nitrogens with zero attached hydrogens (tertiary/aromatic N) is 4. The number of nitrogens with two attached hydrogens (primary N) is 1. The monoisotopic (exact) mass is 744 g/mol. The Morgan fingerprint density at radius 3 is 1.92 bits per heavy atom. The molecule has 1 amide bonds. The number of amides is 1. The fourth-order valence-corrected chi connectivity index (χ4v) is 4.69. The van der Waals surface area contributed by atoms with E-state index in [-0.39, 0.29) is 37.7 Å². The standard InChI is InChI=1S/C35H60N6O9.ClH/c1-35(2,3)50-33(43)38-17-13-11-9-7-5-6-8-10-12-14-18-41(32(37)39-29-36)31-15-19-40(20-16-31)34(49-30-42)48-28-27-47-26-25-46-24-23-45-22-21-44-4;/h15-16,19-20,30,34H,5-14,17-18,21-28H2,1-4H3,(H2-,37,38,39,43);1H. The van der Waals surface area contributed by atoms with Crippen LogP contribution in [0.5, 0.6) is 0 Å². The smallest absolute Gasteiger partial charge is 0.426 e. The molecule has 292 valence electrons. The number of unbranched alkanes of at least 4 members (excludes halogenated alkanes) is 9. The molecule has 16 heteroatoms. The molecule has 0 fully saturated rings. The van der Waals surface area contributed by atoms with E-state index < -0.39 is 12.0 Å². The molecule has 0 bridgehead atoms. The van der Waals surface area contributed by atoms with Gasteiger partial charge in [-0.1, -0.05) is 51.4 Å². The number of ether oxygens (including phenoxy) is 7. The van der Waals surface area contributed by atoms with Gasteiger partial charge in [0.25, 0.3) is 6.47 Å². The summed E-state index contributed by atoms with van der Waals surface area (Å²) < 4.78 is 38.8. The van der Waals surface area contributed by atoms with Crippen LogP contribution < -0.4 is 32.9 Å². The van der Waals surface area contributed by atoms with Crippen LogP contribution in [0.25, 0.3) is 0 Å². The number of aromatic nitrogens is 1. The van der Waals surface area contributed by atoms with Crippen molar-refractivity contribution in [1.82, 2.24) is 5.32 Å². The molecule has 3 N–H and O–H groups in total. The van der Waals surface area contributed by atoms with Crippen LogP contribution in [0.2, 0.25) is 0 Å². The van der Waals surface area contributed by atoms with Gasteiger partial charge in [0.15, 0.2) is 12.4 Å². The van der Waals surface area contributed by atoms with Crippen molar-refractivity contribution in [3.05, 3.63) is 24.5 Å². The van der Waals surface area contributed by atoms with Gasteiger partial charge in [0.1, 0.15) is 5.60 Å². The summed E-state index contributed by atoms with van der Waals surface area (Å²) in [6.07, 6.45) is 14.8. The molecule has 51 heavy (non-hydrogen) atoms. The molecule has 1 atom stereocenters. The van der Waals surface area contributed by atoms with Crippen LogP contribution in [0.15, 0.2) is 29.5 Å². The Bertz CT molecular complexity index is 1090. The van der Waals surface area contributed by atoms with Gasteiger partial charge in [0, 0.05) is 32.3 Å². The normalized spacial score (nSPS) is 12.0. The molecule has 15 nitrogen and oxygen atoms in total. The zero-order chi connectivity index (χ0) is 36.7. The Morgan fingerprint density at radius 1 is 0.902 bits per heavy atom. The van der Waals surface area contributed by atoms with Gasteiger partial charge in [-0.3, -0.25) is 9.53 Å². The van der Waals surface area contributed by atoms with Crippen LogP contribution in [0, 0.1) is 11.5 Å². The number of rotatable bonds is 30. The second-order valence-corrected chi connectivity index (χ2v) is 12.4. The van der Waals surface area contributed by atoms with Gasteiger partial charge >= 0.3 is 12.5 Å². The molecule has 0 saturated carbocycles. The molecule has 0 spiro atoms. The van der Waals surface area contributed by atoms with Crippen molar-refractivity contribution >= 4 is 24.2 Å². The molecular formula is C35H61ClN6O9. The van der Waals surface area contributed by atoms with Crippen molar-refractivity contribution < 1.29 is 59.7 Å². The summed E-state index contributed by atoms with van der Waals surface area (Å²) in [4.78, 5) is 28.3. The highest BCUT2D eigenvalue weighted by atomic mass is 35.5.